The summed E-state index contributed by atoms with van der Waals surface area (Å²) in [4.78, 5) is 29.2. The molecule has 0 aromatic rings. The fraction of sp³-hybridized carbons (Fsp3) is 0.889. The number of carbonyl (C=O) groups is 2. The number of piperazine rings is 1. The van der Waals surface area contributed by atoms with Gasteiger partial charge in [0.25, 0.3) is 0 Å². The Labute approximate surface area is 152 Å². The lowest BCUT2D eigenvalue weighted by molar-refractivity contribution is -0.156. The van der Waals surface area contributed by atoms with Crippen LogP contribution in [0.5, 0.6) is 0 Å². The number of amides is 3. The first-order valence-electron chi connectivity index (χ1n) is 9.44. The molecule has 1 heterocycles. The van der Waals surface area contributed by atoms with Crippen LogP contribution < -0.4 is 5.32 Å². The van der Waals surface area contributed by atoms with Crippen LogP contribution in [0.4, 0.5) is 4.79 Å². The first kappa shape index (κ1) is 16.7. The summed E-state index contributed by atoms with van der Waals surface area (Å²) in [6, 6.07) is -0.00110. The third-order valence-corrected chi connectivity index (χ3v) is 7.55. The lowest BCUT2D eigenvalue weighted by atomic mass is 9.49. The zero-order chi connectivity index (χ0) is 16.9. The fourth-order valence-electron chi connectivity index (χ4n) is 6.11. The van der Waals surface area contributed by atoms with Crippen molar-refractivity contribution in [2.45, 2.75) is 49.8 Å². The minimum Gasteiger partial charge on any atom is -0.339 e. The lowest BCUT2D eigenvalue weighted by Crippen LogP contribution is -2.61. The van der Waals surface area contributed by atoms with Gasteiger partial charge in [0.05, 0.1) is 5.41 Å². The van der Waals surface area contributed by atoms with Gasteiger partial charge in [-0.1, -0.05) is 15.9 Å². The Morgan fingerprint density at radius 2 is 1.62 bits per heavy atom. The van der Waals surface area contributed by atoms with Gasteiger partial charge in [-0.05, 0) is 57.3 Å². The first-order valence-corrected chi connectivity index (χ1v) is 10.2. The second kappa shape index (κ2) is 5.89. The number of nitrogens with zero attached hydrogens (tertiary/aromatic N) is 2. The van der Waals surface area contributed by atoms with Crippen LogP contribution in [0.3, 0.4) is 0 Å². The third kappa shape index (κ3) is 2.74. The average Bonchev–Trinajstić information content (AvgIpc) is 2.52. The zero-order valence-corrected chi connectivity index (χ0v) is 16.1. The summed E-state index contributed by atoms with van der Waals surface area (Å²) in [6.45, 7) is 5.25. The number of carbonyl (C=O) groups excluding carboxylic acids is 2. The van der Waals surface area contributed by atoms with E-state index in [0.29, 0.717) is 38.6 Å². The molecule has 1 aliphatic heterocycles. The predicted octanol–water partition coefficient (Wildman–Crippen LogP) is 2.59. The molecule has 0 radical (unpaired) electrons. The van der Waals surface area contributed by atoms with Gasteiger partial charge in [-0.3, -0.25) is 4.79 Å². The molecule has 5 nitrogen and oxygen atoms in total. The lowest BCUT2D eigenvalue weighted by Gasteiger charge is -2.60. The van der Waals surface area contributed by atoms with Crippen molar-refractivity contribution in [2.75, 3.05) is 32.7 Å². The van der Waals surface area contributed by atoms with E-state index in [1.807, 2.05) is 16.7 Å². The van der Waals surface area contributed by atoms with E-state index in [9.17, 15) is 9.59 Å². The molecule has 3 amide bonds. The molecule has 2 atom stereocenters. The van der Waals surface area contributed by atoms with Gasteiger partial charge in [0.15, 0.2) is 0 Å². The van der Waals surface area contributed by atoms with E-state index < -0.39 is 0 Å². The molecule has 4 saturated carbocycles. The summed E-state index contributed by atoms with van der Waals surface area (Å²) in [5.74, 6) is 1.83. The molecular weight excluding hydrogens is 370 g/mol. The standard InChI is InChI=1S/C18H28BrN3O2/c1-2-20-16(24)22-5-3-21(4-6-22)15(23)17-8-13-7-14(9-17)11-18(19,10-13)12-17/h13-14H,2-12H2,1H3,(H,20,24). The third-order valence-electron chi connectivity index (χ3n) is 6.63. The Balaban J connectivity index is 1.43. The number of rotatable bonds is 2. The molecular formula is C18H28BrN3O2. The monoisotopic (exact) mass is 397 g/mol. The minimum absolute atomic E-state index is 0.00110. The van der Waals surface area contributed by atoms with Crippen LogP contribution in [-0.4, -0.2) is 58.8 Å². The minimum atomic E-state index is -0.124. The van der Waals surface area contributed by atoms with Crippen molar-refractivity contribution < 1.29 is 9.59 Å². The van der Waals surface area contributed by atoms with Gasteiger partial charge in [-0.2, -0.15) is 0 Å². The van der Waals surface area contributed by atoms with Crippen LogP contribution in [-0.2, 0) is 4.79 Å². The number of urea groups is 1. The van der Waals surface area contributed by atoms with E-state index in [1.165, 1.54) is 19.3 Å². The van der Waals surface area contributed by atoms with Gasteiger partial charge < -0.3 is 15.1 Å². The van der Waals surface area contributed by atoms with E-state index in [2.05, 4.69) is 21.2 Å². The first-order chi connectivity index (χ1) is 11.4. The molecule has 0 spiro atoms. The molecule has 5 aliphatic rings. The van der Waals surface area contributed by atoms with Gasteiger partial charge >= 0.3 is 6.03 Å². The highest BCUT2D eigenvalue weighted by Gasteiger charge is 2.60. The summed E-state index contributed by atoms with van der Waals surface area (Å²) >= 11 is 4.00. The van der Waals surface area contributed by atoms with Gasteiger partial charge in [-0.15, -0.1) is 0 Å². The summed E-state index contributed by atoms with van der Waals surface area (Å²) in [7, 11) is 0. The maximum Gasteiger partial charge on any atom is 0.317 e. The van der Waals surface area contributed by atoms with Crippen molar-refractivity contribution in [3.63, 3.8) is 0 Å². The van der Waals surface area contributed by atoms with Crippen molar-refractivity contribution in [3.8, 4) is 0 Å². The van der Waals surface area contributed by atoms with E-state index in [1.54, 1.807) is 0 Å². The van der Waals surface area contributed by atoms with Crippen LogP contribution >= 0.6 is 15.9 Å². The largest absolute Gasteiger partial charge is 0.339 e. The second-order valence-electron chi connectivity index (χ2n) is 8.51. The van der Waals surface area contributed by atoms with Crippen LogP contribution in [0.15, 0.2) is 0 Å². The highest BCUT2D eigenvalue weighted by Crippen LogP contribution is 2.64. The van der Waals surface area contributed by atoms with E-state index in [-0.39, 0.29) is 15.8 Å². The zero-order valence-electron chi connectivity index (χ0n) is 14.5. The van der Waals surface area contributed by atoms with Gasteiger partial charge in [0, 0.05) is 37.0 Å². The number of nitrogens with one attached hydrogen (secondary N) is 1. The summed E-state index contributed by atoms with van der Waals surface area (Å²) in [6.07, 6.45) is 7.03. The molecule has 0 aromatic heterocycles. The van der Waals surface area contributed by atoms with Gasteiger partial charge in [-0.25, -0.2) is 4.79 Å². The Morgan fingerprint density at radius 1 is 1.04 bits per heavy atom. The van der Waals surface area contributed by atoms with Crippen molar-refractivity contribution in [1.82, 2.24) is 15.1 Å². The predicted molar refractivity (Wildman–Crippen MR) is 96.0 cm³/mol. The molecule has 4 aliphatic carbocycles. The number of halogens is 1. The maximum atomic E-state index is 13.4. The summed E-state index contributed by atoms with van der Waals surface area (Å²) in [5.41, 5.74) is -0.124. The molecule has 1 saturated heterocycles. The van der Waals surface area contributed by atoms with E-state index >= 15 is 0 Å². The molecule has 5 fully saturated rings. The Morgan fingerprint density at radius 3 is 2.17 bits per heavy atom. The second-order valence-corrected chi connectivity index (χ2v) is 10.2. The van der Waals surface area contributed by atoms with Crippen molar-refractivity contribution in [1.29, 1.82) is 0 Å². The maximum absolute atomic E-state index is 13.4. The van der Waals surface area contributed by atoms with E-state index in [0.717, 1.165) is 31.1 Å². The van der Waals surface area contributed by atoms with Crippen molar-refractivity contribution >= 4 is 27.9 Å². The highest BCUT2D eigenvalue weighted by molar-refractivity contribution is 9.10. The summed E-state index contributed by atoms with van der Waals surface area (Å²) < 4.78 is 0.218. The molecule has 1 N–H and O–H groups in total. The molecule has 5 rings (SSSR count). The van der Waals surface area contributed by atoms with Crippen molar-refractivity contribution in [2.24, 2.45) is 17.3 Å². The fourth-order valence-corrected chi connectivity index (χ4v) is 7.56. The smallest absolute Gasteiger partial charge is 0.317 e. The van der Waals surface area contributed by atoms with Crippen molar-refractivity contribution in [3.05, 3.63) is 0 Å². The SMILES string of the molecule is CCNC(=O)N1CCN(C(=O)C23CC4CC(CC(Br)(C4)C2)C3)CC1. The summed E-state index contributed by atoms with van der Waals surface area (Å²) in [5, 5.41) is 2.85. The Kier molecular flexibility index (Phi) is 4.09. The Bertz CT molecular complexity index is 530. The van der Waals surface area contributed by atoms with Crippen LogP contribution in [0.2, 0.25) is 0 Å². The average molecular weight is 398 g/mol. The van der Waals surface area contributed by atoms with E-state index in [4.69, 9.17) is 0 Å². The molecule has 24 heavy (non-hydrogen) atoms. The number of alkyl halides is 1. The van der Waals surface area contributed by atoms with Crippen LogP contribution in [0.25, 0.3) is 0 Å². The molecule has 6 heteroatoms. The molecule has 2 unspecified atom stereocenters. The normalized spacial score (nSPS) is 40.8. The quantitative estimate of drug-likeness (QED) is 0.727. The van der Waals surface area contributed by atoms with Crippen LogP contribution in [0.1, 0.15) is 45.4 Å². The molecule has 134 valence electrons. The number of hydrogen-bond acceptors (Lipinski definition) is 2. The Hall–Kier alpha value is -0.780. The van der Waals surface area contributed by atoms with Gasteiger partial charge in [0.1, 0.15) is 0 Å². The molecule has 4 bridgehead atoms. The molecule has 0 aromatic carbocycles. The van der Waals surface area contributed by atoms with Crippen LogP contribution in [0, 0.1) is 17.3 Å². The highest BCUT2D eigenvalue weighted by atomic mass is 79.9. The van der Waals surface area contributed by atoms with Gasteiger partial charge in [0.2, 0.25) is 5.91 Å². The topological polar surface area (TPSA) is 52.7 Å². The number of hydrogen-bond donors (Lipinski definition) is 1.